The Morgan fingerprint density at radius 2 is 2.11 bits per heavy atom. The molecule has 1 atom stereocenters. The Hall–Kier alpha value is -2.68. The predicted octanol–water partition coefficient (Wildman–Crippen LogP) is 2.45. The van der Waals surface area contributed by atoms with E-state index in [1.807, 2.05) is 13.0 Å². The first-order valence-electron chi connectivity index (χ1n) is 8.54. The van der Waals surface area contributed by atoms with Gasteiger partial charge in [0.15, 0.2) is 21.2 Å². The first kappa shape index (κ1) is 17.7. The van der Waals surface area contributed by atoms with Gasteiger partial charge in [-0.05, 0) is 38.5 Å². The summed E-state index contributed by atoms with van der Waals surface area (Å²) >= 11 is 0. The van der Waals surface area contributed by atoms with Crippen molar-refractivity contribution in [3.63, 3.8) is 0 Å². The zero-order valence-electron chi connectivity index (χ0n) is 15.2. The first-order valence-corrected chi connectivity index (χ1v) is 10.4. The third-order valence-corrected chi connectivity index (χ3v) is 6.54. The molecule has 0 radical (unpaired) electrons. The van der Waals surface area contributed by atoms with Crippen LogP contribution in [0, 0.1) is 13.8 Å². The second-order valence-corrected chi connectivity index (χ2v) is 8.97. The number of nitrogens with zero attached hydrogens (tertiary/aromatic N) is 3. The third-order valence-electron chi connectivity index (χ3n) is 4.79. The topological polar surface area (TPSA) is 104 Å². The van der Waals surface area contributed by atoms with Gasteiger partial charge in [0, 0.05) is 0 Å². The van der Waals surface area contributed by atoms with Crippen LogP contribution in [-0.2, 0) is 14.6 Å². The summed E-state index contributed by atoms with van der Waals surface area (Å²) < 4.78 is 36.0. The van der Waals surface area contributed by atoms with Gasteiger partial charge in [0.25, 0.3) is 0 Å². The maximum absolute atomic E-state index is 12.4. The number of sulfone groups is 1. The highest BCUT2D eigenvalue weighted by Crippen LogP contribution is 2.32. The van der Waals surface area contributed by atoms with Gasteiger partial charge in [-0.25, -0.2) is 22.9 Å². The number of aryl methyl sites for hydroxylation is 2. The molecule has 1 aliphatic rings. The lowest BCUT2D eigenvalue weighted by molar-refractivity contribution is 0.0603. The van der Waals surface area contributed by atoms with E-state index in [0.717, 1.165) is 5.76 Å². The van der Waals surface area contributed by atoms with Crippen LogP contribution in [0.15, 0.2) is 22.6 Å². The maximum Gasteiger partial charge on any atom is 0.338 e. The number of hydrogen-bond acceptors (Lipinski definition) is 7. The molecule has 8 nitrogen and oxygen atoms in total. The van der Waals surface area contributed by atoms with Crippen molar-refractivity contribution in [2.24, 2.45) is 0 Å². The maximum atomic E-state index is 12.4. The van der Waals surface area contributed by atoms with E-state index in [0.29, 0.717) is 40.2 Å². The SMILES string of the molecule is COC(=O)c1cc(-c2ccc(C)o2)nc2c1c(C)nn2C1CCS(=O)(=O)C1. The fourth-order valence-electron chi connectivity index (χ4n) is 3.51. The van der Waals surface area contributed by atoms with Crippen molar-refractivity contribution in [1.82, 2.24) is 14.8 Å². The number of fused-ring (bicyclic) bond motifs is 1. The Morgan fingerprint density at radius 3 is 2.70 bits per heavy atom. The minimum Gasteiger partial charge on any atom is -0.465 e. The van der Waals surface area contributed by atoms with Crippen LogP contribution >= 0.6 is 0 Å². The zero-order valence-corrected chi connectivity index (χ0v) is 16.0. The van der Waals surface area contributed by atoms with Crippen molar-refractivity contribution >= 4 is 26.8 Å². The molecule has 0 aromatic carbocycles. The van der Waals surface area contributed by atoms with Crippen LogP contribution in [0.2, 0.25) is 0 Å². The molecule has 1 unspecified atom stereocenters. The molecule has 142 valence electrons. The third kappa shape index (κ3) is 3.01. The monoisotopic (exact) mass is 389 g/mol. The molecule has 27 heavy (non-hydrogen) atoms. The molecule has 0 aliphatic carbocycles. The van der Waals surface area contributed by atoms with Crippen molar-refractivity contribution in [1.29, 1.82) is 0 Å². The molecule has 1 aliphatic heterocycles. The van der Waals surface area contributed by atoms with Crippen LogP contribution in [0.25, 0.3) is 22.5 Å². The van der Waals surface area contributed by atoms with E-state index < -0.39 is 15.8 Å². The summed E-state index contributed by atoms with van der Waals surface area (Å²) in [6.45, 7) is 3.59. The number of pyridine rings is 1. The van der Waals surface area contributed by atoms with Crippen molar-refractivity contribution in [2.45, 2.75) is 26.3 Å². The van der Waals surface area contributed by atoms with Crippen molar-refractivity contribution in [2.75, 3.05) is 18.6 Å². The molecule has 0 saturated carbocycles. The smallest absolute Gasteiger partial charge is 0.338 e. The molecule has 0 N–H and O–H groups in total. The molecular formula is C18H19N3O5S. The van der Waals surface area contributed by atoms with Crippen LogP contribution in [-0.4, -0.2) is 47.8 Å². The summed E-state index contributed by atoms with van der Waals surface area (Å²) in [5.74, 6) is 0.873. The highest BCUT2D eigenvalue weighted by atomic mass is 32.2. The van der Waals surface area contributed by atoms with E-state index in [1.54, 1.807) is 23.7 Å². The van der Waals surface area contributed by atoms with Gasteiger partial charge in [-0.3, -0.25) is 0 Å². The number of carbonyl (C=O) groups excluding carboxylic acids is 1. The molecule has 9 heteroatoms. The fraction of sp³-hybridized carbons (Fsp3) is 0.389. The van der Waals surface area contributed by atoms with Gasteiger partial charge in [-0.15, -0.1) is 0 Å². The van der Waals surface area contributed by atoms with E-state index in [2.05, 4.69) is 10.1 Å². The standard InChI is InChI=1S/C18H19N3O5S/c1-10-4-5-15(26-10)14-8-13(18(22)25-3)16-11(2)20-21(17(16)19-14)12-6-7-27(23,24)9-12/h4-5,8,12H,6-7,9H2,1-3H3. The normalized spacial score (nSPS) is 18.9. The van der Waals surface area contributed by atoms with Crippen LogP contribution in [0.5, 0.6) is 0 Å². The molecule has 1 saturated heterocycles. The van der Waals surface area contributed by atoms with Gasteiger partial charge in [-0.2, -0.15) is 5.10 Å². The van der Waals surface area contributed by atoms with Gasteiger partial charge in [0.2, 0.25) is 0 Å². The lowest BCUT2D eigenvalue weighted by atomic mass is 10.1. The minimum absolute atomic E-state index is 0.0164. The number of furan rings is 1. The number of aromatic nitrogens is 3. The van der Waals surface area contributed by atoms with Crippen LogP contribution < -0.4 is 0 Å². The second-order valence-electron chi connectivity index (χ2n) is 6.74. The average molecular weight is 389 g/mol. The molecule has 4 rings (SSSR count). The number of rotatable bonds is 3. The van der Waals surface area contributed by atoms with Crippen molar-refractivity contribution < 1.29 is 22.4 Å². The van der Waals surface area contributed by atoms with Gasteiger partial charge in [-0.1, -0.05) is 0 Å². The van der Waals surface area contributed by atoms with Gasteiger partial charge >= 0.3 is 5.97 Å². The Morgan fingerprint density at radius 1 is 1.33 bits per heavy atom. The fourth-order valence-corrected chi connectivity index (χ4v) is 5.20. The molecule has 0 amide bonds. The lowest BCUT2D eigenvalue weighted by Gasteiger charge is -2.11. The summed E-state index contributed by atoms with van der Waals surface area (Å²) in [5, 5.41) is 5.07. The predicted molar refractivity (Wildman–Crippen MR) is 98.4 cm³/mol. The quantitative estimate of drug-likeness (QED) is 0.634. The molecule has 0 spiro atoms. The molecule has 4 heterocycles. The van der Waals surface area contributed by atoms with Crippen molar-refractivity contribution in [3.8, 4) is 11.5 Å². The van der Waals surface area contributed by atoms with E-state index in [9.17, 15) is 13.2 Å². The van der Waals surface area contributed by atoms with Crippen LogP contribution in [0.1, 0.15) is 34.3 Å². The van der Waals surface area contributed by atoms with Crippen LogP contribution in [0.4, 0.5) is 0 Å². The second kappa shape index (κ2) is 6.19. The highest BCUT2D eigenvalue weighted by molar-refractivity contribution is 7.91. The molecule has 3 aromatic rings. The average Bonchev–Trinajstić information content (AvgIpc) is 3.31. The number of methoxy groups -OCH3 is 1. The molecule has 3 aromatic heterocycles. The number of carbonyl (C=O) groups is 1. The van der Waals surface area contributed by atoms with E-state index in [-0.39, 0.29) is 17.5 Å². The minimum atomic E-state index is -3.09. The van der Waals surface area contributed by atoms with E-state index in [4.69, 9.17) is 9.15 Å². The lowest BCUT2D eigenvalue weighted by Crippen LogP contribution is -2.13. The van der Waals surface area contributed by atoms with Crippen molar-refractivity contribution in [3.05, 3.63) is 35.2 Å². The van der Waals surface area contributed by atoms with Gasteiger partial charge in [0.1, 0.15) is 11.5 Å². The molecular weight excluding hydrogens is 370 g/mol. The molecule has 0 bridgehead atoms. The van der Waals surface area contributed by atoms with Crippen LogP contribution in [0.3, 0.4) is 0 Å². The van der Waals surface area contributed by atoms with Gasteiger partial charge < -0.3 is 9.15 Å². The summed E-state index contributed by atoms with van der Waals surface area (Å²) in [7, 11) is -1.78. The summed E-state index contributed by atoms with van der Waals surface area (Å²) in [6.07, 6.45) is 0.470. The first-order chi connectivity index (χ1) is 12.8. The summed E-state index contributed by atoms with van der Waals surface area (Å²) in [5.41, 5.74) is 1.86. The van der Waals surface area contributed by atoms with Gasteiger partial charge in [0.05, 0.1) is 41.3 Å². The number of ether oxygens (including phenoxy) is 1. The number of hydrogen-bond donors (Lipinski definition) is 0. The highest BCUT2D eigenvalue weighted by Gasteiger charge is 2.32. The Balaban J connectivity index is 1.97. The Bertz CT molecular complexity index is 1160. The Labute approximate surface area is 156 Å². The zero-order chi connectivity index (χ0) is 19.3. The van der Waals surface area contributed by atoms with E-state index in [1.165, 1.54) is 7.11 Å². The largest absolute Gasteiger partial charge is 0.465 e. The molecule has 1 fully saturated rings. The summed E-state index contributed by atoms with van der Waals surface area (Å²) in [4.78, 5) is 17.0. The number of esters is 1. The summed E-state index contributed by atoms with van der Waals surface area (Å²) in [6, 6.07) is 4.90. The Kier molecular flexibility index (Phi) is 4.06. The van der Waals surface area contributed by atoms with E-state index >= 15 is 0 Å².